The molecule has 8 heteroatoms. The van der Waals surface area contributed by atoms with Crippen LogP contribution >= 0.6 is 11.6 Å². The third kappa shape index (κ3) is 4.43. The lowest BCUT2D eigenvalue weighted by Crippen LogP contribution is -2.21. The SMILES string of the molecule is Clc1ccc(NCCCNCc2ccnc3c2OCCO3)nn1. The highest BCUT2D eigenvalue weighted by Crippen LogP contribution is 2.30. The normalized spacial score (nSPS) is 12.9. The van der Waals surface area contributed by atoms with Crippen LogP contribution in [0.2, 0.25) is 5.15 Å². The molecule has 0 spiro atoms. The lowest BCUT2D eigenvalue weighted by Gasteiger charge is -2.19. The molecule has 0 radical (unpaired) electrons. The molecule has 0 atom stereocenters. The number of nitrogens with zero attached hydrogens (tertiary/aromatic N) is 3. The summed E-state index contributed by atoms with van der Waals surface area (Å²) >= 11 is 5.69. The van der Waals surface area contributed by atoms with Gasteiger partial charge in [-0.05, 0) is 31.2 Å². The Kier molecular flexibility index (Phi) is 5.44. The van der Waals surface area contributed by atoms with Crippen LogP contribution < -0.4 is 20.1 Å². The zero-order valence-electron chi connectivity index (χ0n) is 12.6. The number of anilines is 1. The molecule has 2 aromatic rings. The van der Waals surface area contributed by atoms with Gasteiger partial charge >= 0.3 is 0 Å². The summed E-state index contributed by atoms with van der Waals surface area (Å²) in [5.74, 6) is 2.06. The smallest absolute Gasteiger partial charge is 0.257 e. The molecule has 0 unspecified atom stereocenters. The van der Waals surface area contributed by atoms with Gasteiger partial charge in [-0.2, -0.15) is 0 Å². The molecule has 0 aliphatic carbocycles. The van der Waals surface area contributed by atoms with Crippen LogP contribution in [0.15, 0.2) is 24.4 Å². The van der Waals surface area contributed by atoms with Crippen LogP contribution in [-0.2, 0) is 6.54 Å². The largest absolute Gasteiger partial charge is 0.484 e. The van der Waals surface area contributed by atoms with Crippen molar-refractivity contribution in [3.63, 3.8) is 0 Å². The molecule has 1 aliphatic heterocycles. The zero-order valence-corrected chi connectivity index (χ0v) is 13.3. The van der Waals surface area contributed by atoms with Gasteiger partial charge in [0.25, 0.3) is 5.88 Å². The minimum absolute atomic E-state index is 0.393. The van der Waals surface area contributed by atoms with Crippen LogP contribution in [0.5, 0.6) is 11.6 Å². The van der Waals surface area contributed by atoms with Crippen LogP contribution in [-0.4, -0.2) is 41.5 Å². The first-order valence-corrected chi connectivity index (χ1v) is 7.88. The average molecular weight is 336 g/mol. The fraction of sp³-hybridized carbons (Fsp3) is 0.400. The summed E-state index contributed by atoms with van der Waals surface area (Å²) in [6.07, 6.45) is 2.69. The predicted octanol–water partition coefficient (Wildman–Crippen LogP) is 1.89. The lowest BCUT2D eigenvalue weighted by molar-refractivity contribution is 0.162. The van der Waals surface area contributed by atoms with Gasteiger partial charge in [0.15, 0.2) is 10.9 Å². The van der Waals surface area contributed by atoms with Crippen molar-refractivity contribution in [1.29, 1.82) is 0 Å². The second-order valence-corrected chi connectivity index (χ2v) is 5.39. The number of fused-ring (bicyclic) bond motifs is 1. The summed E-state index contributed by atoms with van der Waals surface area (Å²) in [6, 6.07) is 5.47. The van der Waals surface area contributed by atoms with E-state index in [-0.39, 0.29) is 0 Å². The van der Waals surface area contributed by atoms with Gasteiger partial charge in [-0.25, -0.2) is 4.98 Å². The Labute approximate surface area is 139 Å². The highest BCUT2D eigenvalue weighted by molar-refractivity contribution is 6.29. The predicted molar refractivity (Wildman–Crippen MR) is 87.1 cm³/mol. The standard InChI is InChI=1S/C15H18ClN5O2/c16-12-2-3-13(21-20-12)18-6-1-5-17-10-11-4-7-19-15-14(11)22-8-9-23-15/h2-4,7,17H,1,5-6,8-10H2,(H,18,21). The quantitative estimate of drug-likeness (QED) is 0.748. The van der Waals surface area contributed by atoms with Gasteiger partial charge in [0.05, 0.1) is 0 Å². The minimum atomic E-state index is 0.393. The number of ether oxygens (including phenoxy) is 2. The van der Waals surface area contributed by atoms with Crippen molar-refractivity contribution in [3.8, 4) is 11.6 Å². The summed E-state index contributed by atoms with van der Waals surface area (Å²) in [4.78, 5) is 4.17. The molecule has 0 saturated heterocycles. The molecule has 7 nitrogen and oxygen atoms in total. The van der Waals surface area contributed by atoms with E-state index in [4.69, 9.17) is 21.1 Å². The highest BCUT2D eigenvalue weighted by Gasteiger charge is 2.16. The molecule has 3 heterocycles. The molecular formula is C15H18ClN5O2. The molecule has 0 amide bonds. The van der Waals surface area contributed by atoms with Crippen molar-refractivity contribution >= 4 is 17.4 Å². The molecular weight excluding hydrogens is 318 g/mol. The van der Waals surface area contributed by atoms with Crippen molar-refractivity contribution < 1.29 is 9.47 Å². The second-order valence-electron chi connectivity index (χ2n) is 5.00. The van der Waals surface area contributed by atoms with Crippen LogP contribution in [0, 0.1) is 0 Å². The Morgan fingerprint density at radius 1 is 1.09 bits per heavy atom. The molecule has 1 aliphatic rings. The Hall–Kier alpha value is -2.12. The Morgan fingerprint density at radius 3 is 2.87 bits per heavy atom. The van der Waals surface area contributed by atoms with Crippen molar-refractivity contribution in [2.75, 3.05) is 31.6 Å². The summed E-state index contributed by atoms with van der Waals surface area (Å²) in [7, 11) is 0. The van der Waals surface area contributed by atoms with E-state index >= 15 is 0 Å². The average Bonchev–Trinajstić information content (AvgIpc) is 2.59. The van der Waals surface area contributed by atoms with Crippen molar-refractivity contribution in [2.45, 2.75) is 13.0 Å². The minimum Gasteiger partial charge on any atom is -0.484 e. The summed E-state index contributed by atoms with van der Waals surface area (Å²) in [6.45, 7) is 3.51. The molecule has 23 heavy (non-hydrogen) atoms. The van der Waals surface area contributed by atoms with Gasteiger partial charge in [0.2, 0.25) is 0 Å². The highest BCUT2D eigenvalue weighted by atomic mass is 35.5. The fourth-order valence-electron chi connectivity index (χ4n) is 2.21. The van der Waals surface area contributed by atoms with Crippen molar-refractivity contribution in [1.82, 2.24) is 20.5 Å². The maximum atomic E-state index is 5.69. The number of hydrogen-bond donors (Lipinski definition) is 2. The number of halogens is 1. The van der Waals surface area contributed by atoms with Crippen LogP contribution in [0.1, 0.15) is 12.0 Å². The van der Waals surface area contributed by atoms with Crippen LogP contribution in [0.25, 0.3) is 0 Å². The van der Waals surface area contributed by atoms with Gasteiger partial charge < -0.3 is 20.1 Å². The van der Waals surface area contributed by atoms with Gasteiger partial charge in [0.1, 0.15) is 19.0 Å². The summed E-state index contributed by atoms with van der Waals surface area (Å²) < 4.78 is 11.1. The Morgan fingerprint density at radius 2 is 2.00 bits per heavy atom. The van der Waals surface area contributed by atoms with Crippen LogP contribution in [0.4, 0.5) is 5.82 Å². The number of aromatic nitrogens is 3. The molecule has 0 fully saturated rings. The molecule has 2 aromatic heterocycles. The van der Waals surface area contributed by atoms with E-state index in [1.54, 1.807) is 12.3 Å². The number of hydrogen-bond acceptors (Lipinski definition) is 7. The molecule has 122 valence electrons. The maximum absolute atomic E-state index is 5.69. The number of nitrogens with one attached hydrogen (secondary N) is 2. The van der Waals surface area contributed by atoms with E-state index in [1.165, 1.54) is 0 Å². The summed E-state index contributed by atoms with van der Waals surface area (Å²) in [5.41, 5.74) is 1.06. The third-order valence-electron chi connectivity index (χ3n) is 3.31. The van der Waals surface area contributed by atoms with E-state index in [9.17, 15) is 0 Å². The van der Waals surface area contributed by atoms with E-state index in [0.717, 1.165) is 43.2 Å². The first-order chi connectivity index (χ1) is 11.3. The van der Waals surface area contributed by atoms with Crippen LogP contribution in [0.3, 0.4) is 0 Å². The molecule has 2 N–H and O–H groups in total. The molecule has 0 saturated carbocycles. The van der Waals surface area contributed by atoms with E-state index in [0.29, 0.717) is 24.2 Å². The number of pyridine rings is 1. The molecule has 0 aromatic carbocycles. The van der Waals surface area contributed by atoms with Crippen molar-refractivity contribution in [3.05, 3.63) is 35.1 Å². The second kappa shape index (κ2) is 7.94. The van der Waals surface area contributed by atoms with Gasteiger partial charge in [-0.15, -0.1) is 10.2 Å². The summed E-state index contributed by atoms with van der Waals surface area (Å²) in [5, 5.41) is 14.7. The van der Waals surface area contributed by atoms with E-state index in [2.05, 4.69) is 25.8 Å². The third-order valence-corrected chi connectivity index (χ3v) is 3.51. The Balaban J connectivity index is 1.38. The first kappa shape index (κ1) is 15.8. The van der Waals surface area contributed by atoms with Gasteiger partial charge in [0, 0.05) is 24.8 Å². The number of rotatable bonds is 7. The van der Waals surface area contributed by atoms with Crippen molar-refractivity contribution in [2.24, 2.45) is 0 Å². The van der Waals surface area contributed by atoms with E-state index < -0.39 is 0 Å². The van der Waals surface area contributed by atoms with Gasteiger partial charge in [-0.1, -0.05) is 11.6 Å². The Bertz CT molecular complexity index is 638. The monoisotopic (exact) mass is 335 g/mol. The fourth-order valence-corrected chi connectivity index (χ4v) is 2.31. The van der Waals surface area contributed by atoms with E-state index in [1.807, 2.05) is 12.1 Å². The zero-order chi connectivity index (χ0) is 15.9. The lowest BCUT2D eigenvalue weighted by atomic mass is 10.2. The topological polar surface area (TPSA) is 81.2 Å². The molecule has 3 rings (SSSR count). The maximum Gasteiger partial charge on any atom is 0.257 e. The molecule has 0 bridgehead atoms. The van der Waals surface area contributed by atoms with Gasteiger partial charge in [-0.3, -0.25) is 0 Å². The first-order valence-electron chi connectivity index (χ1n) is 7.50.